The highest BCUT2D eigenvalue weighted by molar-refractivity contribution is 5.79. The molecule has 0 spiro atoms. The topological polar surface area (TPSA) is 41.1 Å². The lowest BCUT2D eigenvalue weighted by atomic mass is 9.86. The highest BCUT2D eigenvalue weighted by Crippen LogP contribution is 2.24. The van der Waals surface area contributed by atoms with Crippen molar-refractivity contribution in [3.8, 4) is 0 Å². The summed E-state index contributed by atoms with van der Waals surface area (Å²) in [6, 6.07) is 0.769. The Hall–Kier alpha value is -0.570. The van der Waals surface area contributed by atoms with Gasteiger partial charge in [0.1, 0.15) is 0 Å². The second-order valence-corrected chi connectivity index (χ2v) is 5.97. The zero-order valence-electron chi connectivity index (χ0n) is 11.2. The number of nitrogens with one attached hydrogen (secondary N) is 2. The molecule has 1 aliphatic heterocycles. The van der Waals surface area contributed by atoms with Crippen LogP contribution in [0.4, 0.5) is 0 Å². The minimum absolute atomic E-state index is 0.181. The summed E-state index contributed by atoms with van der Waals surface area (Å²) in [7, 11) is 0. The van der Waals surface area contributed by atoms with Gasteiger partial charge < -0.3 is 10.6 Å². The molecule has 2 N–H and O–H groups in total. The molecule has 17 heavy (non-hydrogen) atoms. The molecule has 1 aliphatic carbocycles. The van der Waals surface area contributed by atoms with Crippen LogP contribution in [0, 0.1) is 11.8 Å². The molecule has 2 aliphatic rings. The first-order valence-corrected chi connectivity index (χ1v) is 7.20. The fourth-order valence-electron chi connectivity index (χ4n) is 3.28. The number of carbonyl (C=O) groups is 1. The summed E-state index contributed by atoms with van der Waals surface area (Å²) in [5, 5.41) is 6.67. The van der Waals surface area contributed by atoms with Crippen molar-refractivity contribution in [2.24, 2.45) is 11.8 Å². The molecule has 4 atom stereocenters. The van der Waals surface area contributed by atoms with E-state index in [-0.39, 0.29) is 11.8 Å². The first-order valence-electron chi connectivity index (χ1n) is 7.20. The van der Waals surface area contributed by atoms with Crippen LogP contribution in [0.25, 0.3) is 0 Å². The molecule has 1 heterocycles. The Morgan fingerprint density at radius 2 is 2.00 bits per heavy atom. The molecular formula is C14H26N2O. The van der Waals surface area contributed by atoms with Crippen molar-refractivity contribution in [3.05, 3.63) is 0 Å². The zero-order valence-corrected chi connectivity index (χ0v) is 11.2. The van der Waals surface area contributed by atoms with Gasteiger partial charge in [0.25, 0.3) is 0 Å². The van der Waals surface area contributed by atoms with Crippen LogP contribution in [0.3, 0.4) is 0 Å². The fraction of sp³-hybridized carbons (Fsp3) is 0.929. The van der Waals surface area contributed by atoms with Crippen LogP contribution in [-0.2, 0) is 4.79 Å². The van der Waals surface area contributed by atoms with Crippen LogP contribution < -0.4 is 10.6 Å². The van der Waals surface area contributed by atoms with Gasteiger partial charge >= 0.3 is 0 Å². The van der Waals surface area contributed by atoms with E-state index in [1.54, 1.807) is 0 Å². The number of carbonyl (C=O) groups excluding carboxylic acids is 1. The lowest BCUT2D eigenvalue weighted by Gasteiger charge is -2.33. The second kappa shape index (κ2) is 5.85. The number of amides is 1. The van der Waals surface area contributed by atoms with Crippen molar-refractivity contribution in [3.63, 3.8) is 0 Å². The van der Waals surface area contributed by atoms with Gasteiger partial charge in [0, 0.05) is 12.1 Å². The molecule has 98 valence electrons. The van der Waals surface area contributed by atoms with Gasteiger partial charge in [0.15, 0.2) is 0 Å². The molecule has 3 heteroatoms. The maximum atomic E-state index is 12.2. The Bertz CT molecular complexity index is 267. The average Bonchev–Trinajstić information content (AvgIpc) is 2.29. The van der Waals surface area contributed by atoms with E-state index in [9.17, 15) is 4.79 Å². The monoisotopic (exact) mass is 238 g/mol. The summed E-state index contributed by atoms with van der Waals surface area (Å²) >= 11 is 0. The van der Waals surface area contributed by atoms with Crippen LogP contribution in [0.5, 0.6) is 0 Å². The molecule has 1 saturated carbocycles. The smallest absolute Gasteiger partial charge is 0.224 e. The lowest BCUT2D eigenvalue weighted by Crippen LogP contribution is -2.49. The van der Waals surface area contributed by atoms with E-state index in [1.807, 2.05) is 0 Å². The van der Waals surface area contributed by atoms with Crippen molar-refractivity contribution < 1.29 is 4.79 Å². The van der Waals surface area contributed by atoms with Crippen molar-refractivity contribution >= 4 is 5.91 Å². The molecule has 1 saturated heterocycles. The standard InChI is InChI=1S/C14H26N2O/c1-10-5-3-6-12(9-10)16-14(17)13-7-4-8-15-11(13)2/h10-13,15H,3-9H2,1-2H3,(H,16,17). The minimum atomic E-state index is 0.181. The summed E-state index contributed by atoms with van der Waals surface area (Å²) < 4.78 is 0. The molecule has 2 fully saturated rings. The van der Waals surface area contributed by atoms with E-state index < -0.39 is 0 Å². The van der Waals surface area contributed by atoms with Gasteiger partial charge in [-0.25, -0.2) is 0 Å². The molecule has 0 bridgehead atoms. The third-order valence-corrected chi connectivity index (χ3v) is 4.38. The summed E-state index contributed by atoms with van der Waals surface area (Å²) in [6.07, 6.45) is 7.11. The van der Waals surface area contributed by atoms with Crippen molar-refractivity contribution in [2.45, 2.75) is 64.5 Å². The highest BCUT2D eigenvalue weighted by Gasteiger charge is 2.29. The highest BCUT2D eigenvalue weighted by atomic mass is 16.2. The molecule has 3 nitrogen and oxygen atoms in total. The van der Waals surface area contributed by atoms with Gasteiger partial charge in [0.2, 0.25) is 5.91 Å². The van der Waals surface area contributed by atoms with Crippen LogP contribution in [-0.4, -0.2) is 24.5 Å². The second-order valence-electron chi connectivity index (χ2n) is 5.97. The predicted molar refractivity (Wildman–Crippen MR) is 69.8 cm³/mol. The lowest BCUT2D eigenvalue weighted by molar-refractivity contribution is -0.127. The summed E-state index contributed by atoms with van der Waals surface area (Å²) in [4.78, 5) is 12.2. The Kier molecular flexibility index (Phi) is 4.43. The van der Waals surface area contributed by atoms with Crippen LogP contribution in [0.2, 0.25) is 0 Å². The predicted octanol–water partition coefficient (Wildman–Crippen LogP) is 2.07. The van der Waals surface area contributed by atoms with E-state index in [1.165, 1.54) is 25.7 Å². The maximum Gasteiger partial charge on any atom is 0.224 e. The molecule has 4 unspecified atom stereocenters. The molecule has 0 radical (unpaired) electrons. The molecule has 2 rings (SSSR count). The first kappa shape index (κ1) is 12.9. The molecule has 0 aromatic carbocycles. The summed E-state index contributed by atoms with van der Waals surface area (Å²) in [5.74, 6) is 1.24. The van der Waals surface area contributed by atoms with Gasteiger partial charge in [0.05, 0.1) is 5.92 Å². The van der Waals surface area contributed by atoms with Crippen LogP contribution in [0.15, 0.2) is 0 Å². The molecule has 0 aromatic rings. The van der Waals surface area contributed by atoms with Gasteiger partial charge in [-0.2, -0.15) is 0 Å². The quantitative estimate of drug-likeness (QED) is 0.773. The van der Waals surface area contributed by atoms with Crippen molar-refractivity contribution in [1.82, 2.24) is 10.6 Å². The first-order chi connectivity index (χ1) is 8.16. The third-order valence-electron chi connectivity index (χ3n) is 4.38. The third kappa shape index (κ3) is 3.44. The van der Waals surface area contributed by atoms with Gasteiger partial charge in [-0.05, 0) is 45.1 Å². The molecular weight excluding hydrogens is 212 g/mol. The van der Waals surface area contributed by atoms with E-state index in [4.69, 9.17) is 0 Å². The number of rotatable bonds is 2. The summed E-state index contributed by atoms with van der Waals surface area (Å²) in [6.45, 7) is 5.49. The minimum Gasteiger partial charge on any atom is -0.353 e. The van der Waals surface area contributed by atoms with Gasteiger partial charge in [-0.3, -0.25) is 4.79 Å². The number of hydrogen-bond donors (Lipinski definition) is 2. The maximum absolute atomic E-state index is 12.2. The Balaban J connectivity index is 1.83. The number of hydrogen-bond acceptors (Lipinski definition) is 2. The van der Waals surface area contributed by atoms with Crippen LogP contribution >= 0.6 is 0 Å². The normalized spacial score (nSPS) is 38.7. The molecule has 1 amide bonds. The number of piperidine rings is 1. The fourth-order valence-corrected chi connectivity index (χ4v) is 3.28. The summed E-state index contributed by atoms with van der Waals surface area (Å²) in [5.41, 5.74) is 0. The van der Waals surface area contributed by atoms with Gasteiger partial charge in [-0.1, -0.05) is 19.8 Å². The van der Waals surface area contributed by atoms with E-state index in [2.05, 4.69) is 24.5 Å². The average molecular weight is 238 g/mol. The van der Waals surface area contributed by atoms with Gasteiger partial charge in [-0.15, -0.1) is 0 Å². The van der Waals surface area contributed by atoms with E-state index in [0.717, 1.165) is 25.3 Å². The van der Waals surface area contributed by atoms with E-state index in [0.29, 0.717) is 12.1 Å². The molecule has 0 aromatic heterocycles. The Morgan fingerprint density at radius 1 is 1.18 bits per heavy atom. The van der Waals surface area contributed by atoms with Crippen molar-refractivity contribution in [2.75, 3.05) is 6.54 Å². The largest absolute Gasteiger partial charge is 0.353 e. The van der Waals surface area contributed by atoms with Crippen LogP contribution in [0.1, 0.15) is 52.4 Å². The van der Waals surface area contributed by atoms with E-state index >= 15 is 0 Å². The Labute approximate surface area is 105 Å². The SMILES string of the molecule is CC1CCCC(NC(=O)C2CCCNC2C)C1. The zero-order chi connectivity index (χ0) is 12.3. The van der Waals surface area contributed by atoms with Crippen molar-refractivity contribution in [1.29, 1.82) is 0 Å². The Morgan fingerprint density at radius 3 is 2.71 bits per heavy atom.